The van der Waals surface area contributed by atoms with Gasteiger partial charge in [-0.1, -0.05) is 58.3 Å². The maximum atomic E-state index is 10.7. The van der Waals surface area contributed by atoms with E-state index in [0.717, 1.165) is 12.2 Å². The molecular weight excluding hydrogens is 406 g/mol. The normalized spacial score (nSPS) is 50.2. The van der Waals surface area contributed by atoms with Crippen LogP contribution in [0.15, 0.2) is 22.4 Å². The van der Waals surface area contributed by atoms with E-state index < -0.39 is 0 Å². The number of aliphatic hydroxyl groups is 1. The molecule has 0 spiro atoms. The van der Waals surface area contributed by atoms with Gasteiger partial charge in [0.25, 0.3) is 0 Å². The molecule has 3 saturated carbocycles. The largest absolute Gasteiger partial charge is 0.396 e. The van der Waals surface area contributed by atoms with Gasteiger partial charge in [-0.25, -0.2) is 0 Å². The Balaban J connectivity index is 1.44. The third kappa shape index (κ3) is 2.69. The molecule has 0 aliphatic heterocycles. The van der Waals surface area contributed by atoms with Crippen LogP contribution in [0, 0.1) is 44.8 Å². The summed E-state index contributed by atoms with van der Waals surface area (Å²) in [6, 6.07) is 0. The lowest BCUT2D eigenvalue weighted by Gasteiger charge is -2.70. The Hall–Kier alpha value is -1.09. The van der Waals surface area contributed by atoms with E-state index >= 15 is 0 Å². The summed E-state index contributed by atoms with van der Waals surface area (Å²) in [6.07, 6.45) is 15.8. The Bertz CT molecular complexity index is 991. The first-order valence-electron chi connectivity index (χ1n) is 13.7. The van der Waals surface area contributed by atoms with Gasteiger partial charge in [0, 0.05) is 23.5 Å². The molecule has 1 N–H and O–H groups in total. The highest BCUT2D eigenvalue weighted by atomic mass is 16.5. The molecule has 1 aromatic rings. The van der Waals surface area contributed by atoms with Crippen LogP contribution >= 0.6 is 0 Å². The number of rotatable bonds is 1. The average Bonchev–Trinajstić information content (AvgIpc) is 3.22. The van der Waals surface area contributed by atoms with Crippen molar-refractivity contribution < 1.29 is 9.63 Å². The minimum Gasteiger partial charge on any atom is -0.396 e. The van der Waals surface area contributed by atoms with Crippen molar-refractivity contribution in [2.45, 2.75) is 105 Å². The average molecular weight is 452 g/mol. The molecule has 1 heterocycles. The monoisotopic (exact) mass is 451 g/mol. The predicted octanol–water partition coefficient (Wildman–Crippen LogP) is 7.31. The molecule has 8 atom stereocenters. The van der Waals surface area contributed by atoms with Gasteiger partial charge in [0.05, 0.1) is 6.20 Å². The van der Waals surface area contributed by atoms with Gasteiger partial charge in [0.15, 0.2) is 0 Å². The van der Waals surface area contributed by atoms with Gasteiger partial charge in [0.1, 0.15) is 5.76 Å². The van der Waals surface area contributed by atoms with E-state index in [2.05, 4.69) is 52.8 Å². The molecule has 3 fully saturated rings. The molecule has 5 aliphatic rings. The number of aromatic nitrogens is 1. The number of nitrogens with zero attached hydrogens (tertiary/aromatic N) is 1. The summed E-state index contributed by atoms with van der Waals surface area (Å²) in [5.41, 5.74) is 4.48. The van der Waals surface area contributed by atoms with E-state index in [4.69, 9.17) is 4.52 Å². The van der Waals surface area contributed by atoms with Crippen LogP contribution < -0.4 is 0 Å². The van der Waals surface area contributed by atoms with Crippen LogP contribution in [-0.2, 0) is 6.42 Å². The van der Waals surface area contributed by atoms with E-state index in [1.54, 1.807) is 5.57 Å². The van der Waals surface area contributed by atoms with Crippen molar-refractivity contribution in [3.05, 3.63) is 29.2 Å². The fourth-order valence-electron chi connectivity index (χ4n) is 10.5. The highest BCUT2D eigenvalue weighted by molar-refractivity contribution is 5.35. The molecule has 0 saturated heterocycles. The molecule has 0 amide bonds. The fraction of sp³-hybridized carbons (Fsp3) is 0.833. The predicted molar refractivity (Wildman–Crippen MR) is 132 cm³/mol. The van der Waals surface area contributed by atoms with Crippen molar-refractivity contribution in [2.75, 3.05) is 6.61 Å². The van der Waals surface area contributed by atoms with Gasteiger partial charge >= 0.3 is 0 Å². The fourth-order valence-corrected chi connectivity index (χ4v) is 10.5. The summed E-state index contributed by atoms with van der Waals surface area (Å²) in [5.74, 6) is 3.57. The van der Waals surface area contributed by atoms with E-state index in [0.29, 0.717) is 46.5 Å². The Morgan fingerprint density at radius 1 is 1.06 bits per heavy atom. The second-order valence-corrected chi connectivity index (χ2v) is 14.5. The minimum absolute atomic E-state index is 0.127. The number of hydrogen-bond donors (Lipinski definition) is 1. The third-order valence-electron chi connectivity index (χ3n) is 12.7. The highest BCUT2D eigenvalue weighted by Crippen LogP contribution is 2.74. The molecule has 3 nitrogen and oxygen atoms in total. The smallest absolute Gasteiger partial charge is 0.143 e. The molecular formula is C30H45NO2. The quantitative estimate of drug-likeness (QED) is 0.455. The Kier molecular flexibility index (Phi) is 4.59. The third-order valence-corrected chi connectivity index (χ3v) is 12.7. The molecule has 3 heteroatoms. The van der Waals surface area contributed by atoms with E-state index in [1.807, 2.05) is 6.20 Å². The molecule has 182 valence electrons. The second kappa shape index (κ2) is 6.77. The van der Waals surface area contributed by atoms with E-state index in [-0.39, 0.29) is 10.8 Å². The second-order valence-electron chi connectivity index (χ2n) is 14.5. The maximum Gasteiger partial charge on any atom is 0.143 e. The zero-order valence-electron chi connectivity index (χ0n) is 21.8. The summed E-state index contributed by atoms with van der Waals surface area (Å²) in [5, 5.41) is 14.9. The SMILES string of the molecule is C[C@@H]1c2oncc2C[C@]2(C)[C@H]3CC=C4[C@@H]5CC(C)(C)CC[C@]5(CO)CC[C@@]4(C)[C@]3(C)CC[C@@H]12. The van der Waals surface area contributed by atoms with Gasteiger partial charge in [-0.15, -0.1) is 0 Å². The van der Waals surface area contributed by atoms with E-state index in [9.17, 15) is 5.11 Å². The van der Waals surface area contributed by atoms with Crippen LogP contribution in [0.2, 0.25) is 0 Å². The summed E-state index contributed by atoms with van der Waals surface area (Å²) in [4.78, 5) is 0. The van der Waals surface area contributed by atoms with Crippen molar-refractivity contribution in [3.8, 4) is 0 Å². The molecule has 1 aromatic heterocycles. The molecule has 6 rings (SSSR count). The zero-order valence-corrected chi connectivity index (χ0v) is 21.8. The Morgan fingerprint density at radius 2 is 1.82 bits per heavy atom. The van der Waals surface area contributed by atoms with Crippen LogP contribution in [0.25, 0.3) is 0 Å². The molecule has 0 bridgehead atoms. The van der Waals surface area contributed by atoms with Crippen molar-refractivity contribution >= 4 is 0 Å². The topological polar surface area (TPSA) is 46.3 Å². The number of aliphatic hydroxyl groups excluding tert-OH is 1. The Labute approximate surface area is 200 Å². The van der Waals surface area contributed by atoms with Crippen molar-refractivity contribution in [3.63, 3.8) is 0 Å². The Morgan fingerprint density at radius 3 is 2.58 bits per heavy atom. The van der Waals surface area contributed by atoms with Gasteiger partial charge in [0.2, 0.25) is 0 Å². The first-order valence-corrected chi connectivity index (χ1v) is 13.7. The summed E-state index contributed by atoms with van der Waals surface area (Å²) in [6.45, 7) is 15.6. The number of fused-ring (bicyclic) bond motifs is 8. The lowest BCUT2D eigenvalue weighted by molar-refractivity contribution is -0.157. The summed E-state index contributed by atoms with van der Waals surface area (Å²) in [7, 11) is 0. The van der Waals surface area contributed by atoms with Crippen LogP contribution in [0.5, 0.6) is 0 Å². The van der Waals surface area contributed by atoms with Crippen LogP contribution in [0.3, 0.4) is 0 Å². The first-order chi connectivity index (χ1) is 15.5. The van der Waals surface area contributed by atoms with Gasteiger partial charge in [-0.05, 0) is 97.2 Å². The van der Waals surface area contributed by atoms with Gasteiger partial charge < -0.3 is 9.63 Å². The van der Waals surface area contributed by atoms with Crippen LogP contribution in [-0.4, -0.2) is 16.9 Å². The summed E-state index contributed by atoms with van der Waals surface area (Å²) >= 11 is 0. The lowest BCUT2D eigenvalue weighted by Crippen LogP contribution is -2.62. The van der Waals surface area contributed by atoms with Crippen molar-refractivity contribution in [1.82, 2.24) is 5.16 Å². The standard InChI is InChI=1S/C30H45NO2/c1-19-21-9-10-29(6)24(27(21,4)15-20-17-31-33-25(19)20)8-7-22-23-16-26(2,3)11-13-30(23,18-32)14-12-28(22,29)5/h7,17,19,21,23-24,32H,8-16,18H2,1-6H3/t19-,21-,23-,24+,27-,28+,29+,30+/m0/s1. The first kappa shape index (κ1) is 22.4. The minimum atomic E-state index is 0.127. The number of allylic oxidation sites excluding steroid dienone is 2. The van der Waals surface area contributed by atoms with Crippen molar-refractivity contribution in [1.29, 1.82) is 0 Å². The maximum absolute atomic E-state index is 10.7. The van der Waals surface area contributed by atoms with Crippen molar-refractivity contribution in [2.24, 2.45) is 44.8 Å². The highest BCUT2D eigenvalue weighted by Gasteiger charge is 2.67. The van der Waals surface area contributed by atoms with E-state index in [1.165, 1.54) is 56.9 Å². The lowest BCUT2D eigenvalue weighted by atomic mass is 9.34. The van der Waals surface area contributed by atoms with Crippen LogP contribution in [0.4, 0.5) is 0 Å². The number of hydrogen-bond acceptors (Lipinski definition) is 3. The molecule has 5 aliphatic carbocycles. The zero-order chi connectivity index (χ0) is 23.4. The molecule has 0 aromatic carbocycles. The van der Waals surface area contributed by atoms with Crippen LogP contribution in [0.1, 0.15) is 110 Å². The molecule has 33 heavy (non-hydrogen) atoms. The molecule has 0 unspecified atom stereocenters. The summed E-state index contributed by atoms with van der Waals surface area (Å²) < 4.78 is 5.75. The molecule has 0 radical (unpaired) electrons. The van der Waals surface area contributed by atoms with Gasteiger partial charge in [-0.2, -0.15) is 0 Å². The van der Waals surface area contributed by atoms with Gasteiger partial charge in [-0.3, -0.25) is 0 Å².